The molecule has 0 spiro atoms. The number of carbonyl (C=O) groups is 2. The van der Waals surface area contributed by atoms with Crippen molar-refractivity contribution in [3.05, 3.63) is 39.9 Å². The Kier molecular flexibility index (Phi) is 5.93. The van der Waals surface area contributed by atoms with Crippen molar-refractivity contribution in [2.24, 2.45) is 0 Å². The van der Waals surface area contributed by atoms with Crippen molar-refractivity contribution in [1.29, 1.82) is 0 Å². The summed E-state index contributed by atoms with van der Waals surface area (Å²) in [6, 6.07) is 0. The molecule has 2 aromatic rings. The van der Waals surface area contributed by atoms with Crippen LogP contribution in [0, 0.1) is 0 Å². The van der Waals surface area contributed by atoms with Gasteiger partial charge in [0.1, 0.15) is 16.8 Å². The van der Waals surface area contributed by atoms with E-state index < -0.39 is 5.97 Å². The molecule has 9 heteroatoms. The largest absolute Gasteiger partial charge is 0.476 e. The molecule has 0 aromatic carbocycles. The first-order chi connectivity index (χ1) is 11.4. The summed E-state index contributed by atoms with van der Waals surface area (Å²) in [4.78, 5) is 36.5. The summed E-state index contributed by atoms with van der Waals surface area (Å²) in [6.07, 6.45) is 2.14. The second-order valence-corrected chi connectivity index (χ2v) is 5.92. The molecule has 1 atom stereocenters. The number of hydrogen-bond donors (Lipinski definition) is 1. The van der Waals surface area contributed by atoms with E-state index in [0.29, 0.717) is 13.2 Å². The summed E-state index contributed by atoms with van der Waals surface area (Å²) in [7, 11) is 1.63. The van der Waals surface area contributed by atoms with Crippen LogP contribution in [-0.2, 0) is 11.3 Å². The minimum absolute atomic E-state index is 0.0795. The fraction of sp³-hybridized carbons (Fsp3) is 0.400. The molecule has 128 valence electrons. The number of carboxylic acid groups (broad SMARTS) is 1. The first kappa shape index (κ1) is 18.0. The number of hydrogen-bond acceptors (Lipinski definition) is 7. The molecule has 1 amide bonds. The lowest BCUT2D eigenvalue weighted by molar-refractivity contribution is 0.0686. The number of rotatable bonds is 7. The molecule has 0 fully saturated rings. The standard InChI is InChI=1S/C15H18N4O4S/c1-4-23-9(2)13-18-10(8-24-13)7-19(3)14(20)11-5-17-12(6-16-11)15(21)22/h5-6,8-9H,4,7H2,1-3H3,(H,21,22). The normalized spacial score (nSPS) is 12.0. The lowest BCUT2D eigenvalue weighted by atomic mass is 10.3. The molecule has 1 unspecified atom stereocenters. The van der Waals surface area contributed by atoms with E-state index >= 15 is 0 Å². The van der Waals surface area contributed by atoms with Crippen LogP contribution in [0.15, 0.2) is 17.8 Å². The molecule has 0 radical (unpaired) electrons. The van der Waals surface area contributed by atoms with E-state index in [1.165, 1.54) is 16.2 Å². The Balaban J connectivity index is 2.02. The third kappa shape index (κ3) is 4.33. The number of aromatic carboxylic acids is 1. The predicted octanol–water partition coefficient (Wildman–Crippen LogP) is 2.00. The summed E-state index contributed by atoms with van der Waals surface area (Å²) in [6.45, 7) is 4.78. The average Bonchev–Trinajstić information content (AvgIpc) is 3.03. The first-order valence-corrected chi connectivity index (χ1v) is 8.17. The van der Waals surface area contributed by atoms with Crippen LogP contribution in [0.25, 0.3) is 0 Å². The summed E-state index contributed by atoms with van der Waals surface area (Å²) in [5, 5.41) is 11.5. The maximum Gasteiger partial charge on any atom is 0.356 e. The lowest BCUT2D eigenvalue weighted by Gasteiger charge is -2.15. The van der Waals surface area contributed by atoms with Gasteiger partial charge in [0, 0.05) is 19.0 Å². The van der Waals surface area contributed by atoms with Crippen LogP contribution in [0.2, 0.25) is 0 Å². The third-order valence-electron chi connectivity index (χ3n) is 3.17. The van der Waals surface area contributed by atoms with E-state index in [1.54, 1.807) is 7.05 Å². The van der Waals surface area contributed by atoms with Crippen LogP contribution in [0.3, 0.4) is 0 Å². The zero-order valence-electron chi connectivity index (χ0n) is 13.6. The Bertz CT molecular complexity index is 717. The van der Waals surface area contributed by atoms with E-state index in [-0.39, 0.29) is 23.4 Å². The van der Waals surface area contributed by atoms with Gasteiger partial charge in [-0.3, -0.25) is 4.79 Å². The number of nitrogens with zero attached hydrogens (tertiary/aromatic N) is 4. The summed E-state index contributed by atoms with van der Waals surface area (Å²) < 4.78 is 5.49. The maximum atomic E-state index is 12.3. The van der Waals surface area contributed by atoms with Crippen molar-refractivity contribution in [3.8, 4) is 0 Å². The number of thiazole rings is 1. The Hall–Kier alpha value is -2.39. The van der Waals surface area contributed by atoms with Gasteiger partial charge in [-0.1, -0.05) is 0 Å². The Morgan fingerprint density at radius 3 is 2.58 bits per heavy atom. The van der Waals surface area contributed by atoms with Crippen molar-refractivity contribution in [2.75, 3.05) is 13.7 Å². The minimum Gasteiger partial charge on any atom is -0.476 e. The smallest absolute Gasteiger partial charge is 0.356 e. The van der Waals surface area contributed by atoms with Crippen molar-refractivity contribution in [2.45, 2.75) is 26.5 Å². The maximum absolute atomic E-state index is 12.3. The zero-order valence-corrected chi connectivity index (χ0v) is 14.4. The highest BCUT2D eigenvalue weighted by atomic mass is 32.1. The van der Waals surface area contributed by atoms with Gasteiger partial charge in [0.2, 0.25) is 0 Å². The van der Waals surface area contributed by atoms with E-state index in [0.717, 1.165) is 23.1 Å². The van der Waals surface area contributed by atoms with Crippen molar-refractivity contribution >= 4 is 23.2 Å². The molecule has 2 rings (SSSR count). The van der Waals surface area contributed by atoms with E-state index in [4.69, 9.17) is 9.84 Å². The number of carboxylic acids is 1. The molecule has 0 aliphatic carbocycles. The SMILES string of the molecule is CCOC(C)c1nc(CN(C)C(=O)c2cnc(C(=O)O)cn2)cs1. The van der Waals surface area contributed by atoms with Crippen molar-refractivity contribution in [1.82, 2.24) is 19.9 Å². The fourth-order valence-corrected chi connectivity index (χ4v) is 2.78. The molecule has 0 saturated heterocycles. The van der Waals surface area contributed by atoms with Crippen LogP contribution in [0.1, 0.15) is 51.6 Å². The average molecular weight is 350 g/mol. The molecule has 0 saturated carbocycles. The zero-order chi connectivity index (χ0) is 17.7. The van der Waals surface area contributed by atoms with E-state index in [2.05, 4.69) is 15.0 Å². The molecule has 1 N–H and O–H groups in total. The van der Waals surface area contributed by atoms with Crippen molar-refractivity contribution < 1.29 is 19.4 Å². The van der Waals surface area contributed by atoms with Crippen LogP contribution in [-0.4, -0.2) is 50.5 Å². The second kappa shape index (κ2) is 7.93. The summed E-state index contributed by atoms with van der Waals surface area (Å²) in [5.74, 6) is -1.54. The van der Waals surface area contributed by atoms with Gasteiger partial charge in [-0.2, -0.15) is 0 Å². The molecule has 2 aromatic heterocycles. The van der Waals surface area contributed by atoms with Crippen molar-refractivity contribution in [3.63, 3.8) is 0 Å². The Labute approximate surface area is 143 Å². The number of carbonyl (C=O) groups excluding carboxylic acids is 1. The summed E-state index contributed by atoms with van der Waals surface area (Å²) >= 11 is 1.48. The van der Waals surface area contributed by atoms with Gasteiger partial charge in [-0.15, -0.1) is 11.3 Å². The third-order valence-corrected chi connectivity index (χ3v) is 4.22. The summed E-state index contributed by atoms with van der Waals surface area (Å²) in [5.41, 5.74) is 0.636. The molecule has 0 aliphatic heterocycles. The Morgan fingerprint density at radius 2 is 2.00 bits per heavy atom. The first-order valence-electron chi connectivity index (χ1n) is 7.29. The number of ether oxygens (including phenoxy) is 1. The van der Waals surface area contributed by atoms with Crippen LogP contribution >= 0.6 is 11.3 Å². The van der Waals surface area contributed by atoms with Crippen LogP contribution in [0.5, 0.6) is 0 Å². The number of aromatic nitrogens is 3. The van der Waals surface area contributed by atoms with Crippen LogP contribution in [0.4, 0.5) is 0 Å². The lowest BCUT2D eigenvalue weighted by Crippen LogP contribution is -2.27. The minimum atomic E-state index is -1.19. The van der Waals surface area contributed by atoms with E-state index in [1.807, 2.05) is 19.2 Å². The highest BCUT2D eigenvalue weighted by Crippen LogP contribution is 2.21. The quantitative estimate of drug-likeness (QED) is 0.814. The van der Waals surface area contributed by atoms with Gasteiger partial charge in [0.05, 0.1) is 24.6 Å². The van der Waals surface area contributed by atoms with Gasteiger partial charge in [0.15, 0.2) is 5.69 Å². The van der Waals surface area contributed by atoms with Crippen LogP contribution < -0.4 is 0 Å². The van der Waals surface area contributed by atoms with E-state index in [9.17, 15) is 9.59 Å². The highest BCUT2D eigenvalue weighted by molar-refractivity contribution is 7.09. The van der Waals surface area contributed by atoms with Gasteiger partial charge in [-0.25, -0.2) is 19.7 Å². The molecule has 2 heterocycles. The molecular weight excluding hydrogens is 332 g/mol. The topological polar surface area (TPSA) is 106 Å². The predicted molar refractivity (Wildman–Crippen MR) is 86.9 cm³/mol. The Morgan fingerprint density at radius 1 is 1.33 bits per heavy atom. The van der Waals surface area contributed by atoms with Gasteiger partial charge < -0.3 is 14.7 Å². The fourth-order valence-electron chi connectivity index (χ4n) is 1.96. The second-order valence-electron chi connectivity index (χ2n) is 5.03. The number of amides is 1. The van der Waals surface area contributed by atoms with Gasteiger partial charge in [-0.05, 0) is 13.8 Å². The van der Waals surface area contributed by atoms with Gasteiger partial charge in [0.25, 0.3) is 5.91 Å². The molecule has 0 aliphatic rings. The monoisotopic (exact) mass is 350 g/mol. The molecule has 8 nitrogen and oxygen atoms in total. The highest BCUT2D eigenvalue weighted by Gasteiger charge is 2.17. The molecular formula is C15H18N4O4S. The molecule has 24 heavy (non-hydrogen) atoms. The molecule has 0 bridgehead atoms. The van der Waals surface area contributed by atoms with Gasteiger partial charge >= 0.3 is 5.97 Å².